The summed E-state index contributed by atoms with van der Waals surface area (Å²) in [4.78, 5) is 11.8. The summed E-state index contributed by atoms with van der Waals surface area (Å²) in [5.74, 6) is -0.110. The van der Waals surface area contributed by atoms with Gasteiger partial charge >= 0.3 is 6.18 Å². The molecule has 1 aliphatic rings. The maximum absolute atomic E-state index is 13.0. The van der Waals surface area contributed by atoms with Gasteiger partial charge in [0.2, 0.25) is 5.91 Å². The molecular formula is C15H20ClF3N2O2. The first kappa shape index (κ1) is 19.6. The molecule has 23 heavy (non-hydrogen) atoms. The quantitative estimate of drug-likeness (QED) is 0.856. The Morgan fingerprint density at radius 1 is 1.43 bits per heavy atom. The molecule has 0 radical (unpaired) electrons. The average molecular weight is 353 g/mol. The Bertz CT molecular complexity index is 532. The lowest BCUT2D eigenvalue weighted by molar-refractivity contribution is -0.138. The lowest BCUT2D eigenvalue weighted by atomic mass is 10.1. The van der Waals surface area contributed by atoms with Gasteiger partial charge in [0, 0.05) is 19.0 Å². The van der Waals surface area contributed by atoms with E-state index in [1.54, 1.807) is 0 Å². The minimum Gasteiger partial charge on any atom is -0.497 e. The fourth-order valence-corrected chi connectivity index (χ4v) is 2.52. The molecule has 1 aliphatic heterocycles. The molecule has 1 amide bonds. The topological polar surface area (TPSA) is 50.4 Å². The molecule has 1 saturated heterocycles. The first-order chi connectivity index (χ1) is 10.4. The third kappa shape index (κ3) is 5.58. The fraction of sp³-hybridized carbons (Fsp3) is 0.533. The van der Waals surface area contributed by atoms with Crippen LogP contribution in [0, 0.1) is 0 Å². The molecule has 0 bridgehead atoms. The smallest absolute Gasteiger partial charge is 0.416 e. The predicted octanol–water partition coefficient (Wildman–Crippen LogP) is 2.89. The second-order valence-corrected chi connectivity index (χ2v) is 5.29. The maximum atomic E-state index is 13.0. The fourth-order valence-electron chi connectivity index (χ4n) is 2.52. The Balaban J connectivity index is 0.00000264. The lowest BCUT2D eigenvalue weighted by Gasteiger charge is -2.15. The highest BCUT2D eigenvalue weighted by Gasteiger charge is 2.33. The SMILES string of the molecule is COc1ccc(CNC(=O)CC2CCCN2)c(C(F)(F)F)c1.Cl. The first-order valence-corrected chi connectivity index (χ1v) is 7.14. The van der Waals surface area contributed by atoms with Crippen molar-refractivity contribution in [3.63, 3.8) is 0 Å². The summed E-state index contributed by atoms with van der Waals surface area (Å²) in [6.45, 7) is 0.735. The van der Waals surface area contributed by atoms with Crippen LogP contribution in [0.1, 0.15) is 30.4 Å². The van der Waals surface area contributed by atoms with Crippen molar-refractivity contribution in [3.8, 4) is 5.75 Å². The van der Waals surface area contributed by atoms with Gasteiger partial charge < -0.3 is 15.4 Å². The molecule has 1 aromatic rings. The molecule has 0 saturated carbocycles. The van der Waals surface area contributed by atoms with Gasteiger partial charge in [-0.15, -0.1) is 12.4 Å². The van der Waals surface area contributed by atoms with Gasteiger partial charge in [-0.2, -0.15) is 13.2 Å². The van der Waals surface area contributed by atoms with Gasteiger partial charge in [-0.05, 0) is 37.1 Å². The van der Waals surface area contributed by atoms with E-state index in [9.17, 15) is 18.0 Å². The number of benzene rings is 1. The van der Waals surface area contributed by atoms with Gasteiger partial charge in [-0.3, -0.25) is 4.79 Å². The summed E-state index contributed by atoms with van der Waals surface area (Å²) in [6, 6.07) is 3.85. The van der Waals surface area contributed by atoms with E-state index >= 15 is 0 Å². The highest BCUT2D eigenvalue weighted by molar-refractivity contribution is 5.85. The third-order valence-electron chi connectivity index (χ3n) is 3.69. The molecule has 2 N–H and O–H groups in total. The first-order valence-electron chi connectivity index (χ1n) is 7.14. The standard InChI is InChI=1S/C15H19F3N2O2.ClH/c1-22-12-5-4-10(13(8-12)15(16,17)18)9-20-14(21)7-11-3-2-6-19-11;/h4-5,8,11,19H,2-3,6-7,9H2,1H3,(H,20,21);1H. The lowest BCUT2D eigenvalue weighted by Crippen LogP contribution is -2.32. The van der Waals surface area contributed by atoms with Crippen molar-refractivity contribution in [2.45, 2.75) is 38.0 Å². The number of ether oxygens (including phenoxy) is 1. The van der Waals surface area contributed by atoms with Gasteiger partial charge in [-0.1, -0.05) is 6.07 Å². The van der Waals surface area contributed by atoms with Crippen LogP contribution < -0.4 is 15.4 Å². The van der Waals surface area contributed by atoms with Crippen LogP contribution in [0.4, 0.5) is 13.2 Å². The summed E-state index contributed by atoms with van der Waals surface area (Å²) in [5.41, 5.74) is -0.757. The Hall–Kier alpha value is -1.47. The highest BCUT2D eigenvalue weighted by atomic mass is 35.5. The molecule has 1 heterocycles. The van der Waals surface area contributed by atoms with Crippen LogP contribution >= 0.6 is 12.4 Å². The summed E-state index contributed by atoms with van der Waals surface area (Å²) in [7, 11) is 1.31. The number of nitrogens with one attached hydrogen (secondary N) is 2. The summed E-state index contributed by atoms with van der Waals surface area (Å²) >= 11 is 0. The molecule has 4 nitrogen and oxygen atoms in total. The molecule has 2 rings (SSSR count). The molecule has 0 aromatic heterocycles. The van der Waals surface area contributed by atoms with Crippen LogP contribution in [0.3, 0.4) is 0 Å². The number of hydrogen-bond donors (Lipinski definition) is 2. The van der Waals surface area contributed by atoms with Gasteiger partial charge in [0.25, 0.3) is 0 Å². The number of methoxy groups -OCH3 is 1. The van der Waals surface area contributed by atoms with Gasteiger partial charge in [0.05, 0.1) is 12.7 Å². The van der Waals surface area contributed by atoms with E-state index in [1.807, 2.05) is 0 Å². The average Bonchev–Trinajstić information content (AvgIpc) is 2.96. The van der Waals surface area contributed by atoms with Crippen molar-refractivity contribution in [1.82, 2.24) is 10.6 Å². The molecule has 1 unspecified atom stereocenters. The molecule has 1 atom stereocenters. The number of hydrogen-bond acceptors (Lipinski definition) is 3. The van der Waals surface area contributed by atoms with Gasteiger partial charge in [0.1, 0.15) is 5.75 Å². The Labute approximate surface area is 139 Å². The second kappa shape index (κ2) is 8.40. The largest absolute Gasteiger partial charge is 0.497 e. The van der Waals surface area contributed by atoms with Gasteiger partial charge in [-0.25, -0.2) is 0 Å². The van der Waals surface area contributed by atoms with E-state index in [2.05, 4.69) is 10.6 Å². The number of carbonyl (C=O) groups excluding carboxylic acids is 1. The van der Waals surface area contributed by atoms with Crippen LogP contribution in [0.15, 0.2) is 18.2 Å². The Morgan fingerprint density at radius 2 is 2.17 bits per heavy atom. The van der Waals surface area contributed by atoms with Crippen molar-refractivity contribution in [3.05, 3.63) is 29.3 Å². The van der Waals surface area contributed by atoms with Crippen LogP contribution in [0.2, 0.25) is 0 Å². The van der Waals surface area contributed by atoms with Crippen molar-refractivity contribution in [1.29, 1.82) is 0 Å². The van der Waals surface area contributed by atoms with E-state index in [1.165, 1.54) is 19.2 Å². The number of rotatable bonds is 5. The van der Waals surface area contributed by atoms with E-state index in [-0.39, 0.29) is 48.6 Å². The zero-order chi connectivity index (χ0) is 16.2. The molecule has 1 fully saturated rings. The van der Waals surface area contributed by atoms with Crippen molar-refractivity contribution < 1.29 is 22.7 Å². The van der Waals surface area contributed by atoms with Crippen LogP contribution in [-0.2, 0) is 17.5 Å². The second-order valence-electron chi connectivity index (χ2n) is 5.29. The van der Waals surface area contributed by atoms with Crippen molar-refractivity contribution >= 4 is 18.3 Å². The number of amides is 1. The normalized spacial score (nSPS) is 17.5. The Morgan fingerprint density at radius 3 is 2.74 bits per heavy atom. The molecular weight excluding hydrogens is 333 g/mol. The molecule has 0 spiro atoms. The van der Waals surface area contributed by atoms with Gasteiger partial charge in [0.15, 0.2) is 0 Å². The van der Waals surface area contributed by atoms with Crippen LogP contribution in [0.5, 0.6) is 5.75 Å². The summed E-state index contributed by atoms with van der Waals surface area (Å²) in [6.07, 6.45) is -2.25. The van der Waals surface area contributed by atoms with Crippen LogP contribution in [-0.4, -0.2) is 25.6 Å². The van der Waals surface area contributed by atoms with Crippen LogP contribution in [0.25, 0.3) is 0 Å². The molecule has 8 heteroatoms. The number of carbonyl (C=O) groups is 1. The minimum absolute atomic E-state index is 0. The summed E-state index contributed by atoms with van der Waals surface area (Å²) in [5, 5.41) is 5.74. The molecule has 1 aromatic carbocycles. The number of halogens is 4. The van der Waals surface area contributed by atoms with Crippen molar-refractivity contribution in [2.24, 2.45) is 0 Å². The van der Waals surface area contributed by atoms with E-state index < -0.39 is 11.7 Å². The van der Waals surface area contributed by atoms with E-state index in [4.69, 9.17) is 4.74 Å². The van der Waals surface area contributed by atoms with E-state index in [0.717, 1.165) is 25.5 Å². The Kier molecular flexibility index (Phi) is 7.15. The van der Waals surface area contributed by atoms with Crippen molar-refractivity contribution in [2.75, 3.05) is 13.7 Å². The molecule has 130 valence electrons. The predicted molar refractivity (Wildman–Crippen MR) is 82.7 cm³/mol. The zero-order valence-corrected chi connectivity index (χ0v) is 13.5. The third-order valence-corrected chi connectivity index (χ3v) is 3.69. The summed E-state index contributed by atoms with van der Waals surface area (Å²) < 4.78 is 43.9. The minimum atomic E-state index is -4.48. The zero-order valence-electron chi connectivity index (χ0n) is 12.7. The van der Waals surface area contributed by atoms with E-state index in [0.29, 0.717) is 0 Å². The molecule has 0 aliphatic carbocycles. The maximum Gasteiger partial charge on any atom is 0.416 e. The highest BCUT2D eigenvalue weighted by Crippen LogP contribution is 2.34. The number of alkyl halides is 3. The monoisotopic (exact) mass is 352 g/mol.